The van der Waals surface area contributed by atoms with Crippen molar-refractivity contribution < 1.29 is 4.79 Å². The van der Waals surface area contributed by atoms with E-state index in [1.165, 1.54) is 16.7 Å². The van der Waals surface area contributed by atoms with Gasteiger partial charge in [0, 0.05) is 5.56 Å². The lowest BCUT2D eigenvalue weighted by Crippen LogP contribution is -2.08. The summed E-state index contributed by atoms with van der Waals surface area (Å²) in [4.78, 5) is 10.9. The van der Waals surface area contributed by atoms with Crippen LogP contribution in [0.4, 0.5) is 0 Å². The third kappa shape index (κ3) is 4.63. The van der Waals surface area contributed by atoms with Crippen molar-refractivity contribution in [2.24, 2.45) is 5.73 Å². The first-order valence-corrected chi connectivity index (χ1v) is 7.68. The summed E-state index contributed by atoms with van der Waals surface area (Å²) < 4.78 is 0. The standard InChI is InChI=1S/C19H27NO/c1-12(2)15-10-17(13(3)4)16(8-7-9-19(20)21)18(11-15)14(5)6/h10-14H,9H2,1-6H3,(H2,20,21). The average Bonchev–Trinajstić information content (AvgIpc) is 2.37. The van der Waals surface area contributed by atoms with Crippen molar-refractivity contribution in [3.63, 3.8) is 0 Å². The molecule has 0 saturated heterocycles. The molecule has 0 fully saturated rings. The Morgan fingerprint density at radius 2 is 1.48 bits per heavy atom. The predicted molar refractivity (Wildman–Crippen MR) is 89.4 cm³/mol. The minimum Gasteiger partial charge on any atom is -0.369 e. The Hall–Kier alpha value is -1.75. The number of hydrogen-bond donors (Lipinski definition) is 1. The molecule has 0 saturated carbocycles. The zero-order valence-corrected chi connectivity index (χ0v) is 14.1. The van der Waals surface area contributed by atoms with Crippen LogP contribution in [0.1, 0.15) is 88.0 Å². The molecule has 2 N–H and O–H groups in total. The summed E-state index contributed by atoms with van der Waals surface area (Å²) in [6.07, 6.45) is 0.112. The van der Waals surface area contributed by atoms with Crippen LogP contribution < -0.4 is 5.73 Å². The molecule has 1 rings (SSSR count). The molecule has 2 nitrogen and oxygen atoms in total. The second kappa shape index (κ2) is 7.31. The third-order valence-electron chi connectivity index (χ3n) is 3.61. The predicted octanol–water partition coefficient (Wildman–Crippen LogP) is 4.28. The van der Waals surface area contributed by atoms with E-state index in [1.807, 2.05) is 0 Å². The largest absolute Gasteiger partial charge is 0.369 e. The highest BCUT2D eigenvalue weighted by Gasteiger charge is 2.15. The molecule has 0 heterocycles. The van der Waals surface area contributed by atoms with E-state index in [9.17, 15) is 4.79 Å². The molecule has 0 unspecified atom stereocenters. The van der Waals surface area contributed by atoms with E-state index in [4.69, 9.17) is 5.73 Å². The highest BCUT2D eigenvalue weighted by Crippen LogP contribution is 2.31. The smallest absolute Gasteiger partial charge is 0.229 e. The summed E-state index contributed by atoms with van der Waals surface area (Å²) in [6.45, 7) is 13.2. The first-order valence-electron chi connectivity index (χ1n) is 7.68. The minimum absolute atomic E-state index is 0.112. The summed E-state index contributed by atoms with van der Waals surface area (Å²) in [5.41, 5.74) is 10.1. The van der Waals surface area contributed by atoms with Crippen molar-refractivity contribution in [2.75, 3.05) is 0 Å². The molecule has 1 aromatic rings. The lowest BCUT2D eigenvalue weighted by Gasteiger charge is -2.20. The summed E-state index contributed by atoms with van der Waals surface area (Å²) >= 11 is 0. The molecule has 0 spiro atoms. The topological polar surface area (TPSA) is 43.1 Å². The molecule has 0 aliphatic carbocycles. The minimum atomic E-state index is -0.376. The Kier molecular flexibility index (Phi) is 6.03. The Morgan fingerprint density at radius 3 is 1.81 bits per heavy atom. The van der Waals surface area contributed by atoms with Crippen LogP contribution in [-0.2, 0) is 4.79 Å². The quantitative estimate of drug-likeness (QED) is 0.824. The van der Waals surface area contributed by atoms with Crippen LogP contribution in [-0.4, -0.2) is 5.91 Å². The Balaban J connectivity index is 3.48. The number of nitrogens with two attached hydrogens (primary N) is 1. The van der Waals surface area contributed by atoms with Crippen LogP contribution in [0.3, 0.4) is 0 Å². The van der Waals surface area contributed by atoms with E-state index in [0.29, 0.717) is 17.8 Å². The van der Waals surface area contributed by atoms with Crippen molar-refractivity contribution >= 4 is 5.91 Å². The summed E-state index contributed by atoms with van der Waals surface area (Å²) in [5.74, 6) is 7.03. The van der Waals surface area contributed by atoms with Gasteiger partial charge in [-0.25, -0.2) is 0 Å². The molecule has 21 heavy (non-hydrogen) atoms. The zero-order valence-electron chi connectivity index (χ0n) is 14.1. The molecular formula is C19H27NO. The normalized spacial score (nSPS) is 10.9. The average molecular weight is 285 g/mol. The number of rotatable bonds is 4. The maximum atomic E-state index is 10.9. The van der Waals surface area contributed by atoms with Crippen molar-refractivity contribution in [1.29, 1.82) is 0 Å². The van der Waals surface area contributed by atoms with Crippen LogP contribution in [0, 0.1) is 11.8 Å². The van der Waals surface area contributed by atoms with Gasteiger partial charge in [0.15, 0.2) is 0 Å². The maximum absolute atomic E-state index is 10.9. The van der Waals surface area contributed by atoms with Gasteiger partial charge in [-0.3, -0.25) is 4.79 Å². The fourth-order valence-electron chi connectivity index (χ4n) is 2.32. The van der Waals surface area contributed by atoms with E-state index in [2.05, 4.69) is 65.5 Å². The van der Waals surface area contributed by atoms with Gasteiger partial charge in [0.05, 0.1) is 6.42 Å². The SMILES string of the molecule is CC(C)c1cc(C(C)C)c(C#CCC(N)=O)c(C(C)C)c1. The third-order valence-corrected chi connectivity index (χ3v) is 3.61. The zero-order chi connectivity index (χ0) is 16.2. The fourth-order valence-corrected chi connectivity index (χ4v) is 2.32. The van der Waals surface area contributed by atoms with Gasteiger partial charge >= 0.3 is 0 Å². The van der Waals surface area contributed by atoms with Crippen molar-refractivity contribution in [1.82, 2.24) is 0 Å². The molecule has 0 aliphatic heterocycles. The molecule has 114 valence electrons. The highest BCUT2D eigenvalue weighted by molar-refractivity contribution is 5.76. The molecular weight excluding hydrogens is 258 g/mol. The molecule has 0 atom stereocenters. The molecule has 1 amide bonds. The number of primary amides is 1. The van der Waals surface area contributed by atoms with E-state index >= 15 is 0 Å². The summed E-state index contributed by atoms with van der Waals surface area (Å²) in [5, 5.41) is 0. The van der Waals surface area contributed by atoms with E-state index in [-0.39, 0.29) is 12.3 Å². The Bertz CT molecular complexity index is 542. The van der Waals surface area contributed by atoms with Crippen LogP contribution in [0.15, 0.2) is 12.1 Å². The molecule has 0 aliphatic rings. The van der Waals surface area contributed by atoms with Gasteiger partial charge in [0.25, 0.3) is 0 Å². The van der Waals surface area contributed by atoms with Crippen molar-refractivity contribution in [3.05, 3.63) is 34.4 Å². The Morgan fingerprint density at radius 1 is 1.00 bits per heavy atom. The lowest BCUT2D eigenvalue weighted by molar-refractivity contribution is -0.117. The molecule has 0 bridgehead atoms. The van der Waals surface area contributed by atoms with E-state index in [0.717, 1.165) is 5.56 Å². The number of benzene rings is 1. The number of amides is 1. The van der Waals surface area contributed by atoms with Gasteiger partial charge < -0.3 is 5.73 Å². The fraction of sp³-hybridized carbons (Fsp3) is 0.526. The maximum Gasteiger partial charge on any atom is 0.229 e. The number of hydrogen-bond acceptors (Lipinski definition) is 1. The van der Waals surface area contributed by atoms with E-state index < -0.39 is 0 Å². The molecule has 1 aromatic carbocycles. The van der Waals surface area contributed by atoms with Crippen LogP contribution in [0.2, 0.25) is 0 Å². The second-order valence-corrected chi connectivity index (χ2v) is 6.48. The number of carbonyl (C=O) groups excluding carboxylic acids is 1. The first kappa shape index (κ1) is 17.3. The van der Waals surface area contributed by atoms with Gasteiger partial charge in [-0.1, -0.05) is 65.5 Å². The van der Waals surface area contributed by atoms with Crippen LogP contribution in [0.5, 0.6) is 0 Å². The lowest BCUT2D eigenvalue weighted by atomic mass is 9.84. The summed E-state index contributed by atoms with van der Waals surface area (Å²) in [7, 11) is 0. The van der Waals surface area contributed by atoms with Gasteiger partial charge in [0.1, 0.15) is 0 Å². The highest BCUT2D eigenvalue weighted by atomic mass is 16.1. The van der Waals surface area contributed by atoms with Crippen LogP contribution in [0.25, 0.3) is 0 Å². The van der Waals surface area contributed by atoms with Gasteiger partial charge in [0.2, 0.25) is 5.91 Å². The van der Waals surface area contributed by atoms with Gasteiger partial charge in [-0.05, 0) is 34.4 Å². The summed E-state index contributed by atoms with van der Waals surface area (Å²) in [6, 6.07) is 4.52. The Labute approximate surface area is 129 Å². The van der Waals surface area contributed by atoms with Crippen molar-refractivity contribution in [2.45, 2.75) is 65.7 Å². The van der Waals surface area contributed by atoms with Gasteiger partial charge in [-0.15, -0.1) is 0 Å². The van der Waals surface area contributed by atoms with E-state index in [1.54, 1.807) is 0 Å². The van der Waals surface area contributed by atoms with Crippen LogP contribution >= 0.6 is 0 Å². The first-order chi connectivity index (χ1) is 9.73. The van der Waals surface area contributed by atoms with Crippen molar-refractivity contribution in [3.8, 4) is 11.8 Å². The molecule has 2 heteroatoms. The van der Waals surface area contributed by atoms with Gasteiger partial charge in [-0.2, -0.15) is 0 Å². The second-order valence-electron chi connectivity index (χ2n) is 6.48. The molecule has 0 aromatic heterocycles. The molecule has 0 radical (unpaired) electrons. The number of carbonyl (C=O) groups is 1. The monoisotopic (exact) mass is 285 g/mol.